The number of hydrogen-bond acceptors (Lipinski definition) is 2. The van der Waals surface area contributed by atoms with Crippen molar-refractivity contribution in [2.24, 2.45) is 0 Å². The molecule has 3 heteroatoms. The smallest absolute Gasteiger partial charge is 0.0707 e. The van der Waals surface area contributed by atoms with E-state index in [0.29, 0.717) is 0 Å². The molecule has 0 aromatic carbocycles. The summed E-state index contributed by atoms with van der Waals surface area (Å²) in [6, 6.07) is 12.6. The third kappa shape index (κ3) is 4.85. The van der Waals surface area contributed by atoms with Crippen LogP contribution in [0.2, 0.25) is 0 Å². The molecule has 2 fully saturated rings. The molecule has 0 unspecified atom stereocenters. The first-order valence-corrected chi connectivity index (χ1v) is 12.2. The first-order valence-electron chi connectivity index (χ1n) is 10.7. The normalized spacial score (nSPS) is 20.1. The van der Waals surface area contributed by atoms with E-state index in [2.05, 4.69) is 35.3 Å². The van der Waals surface area contributed by atoms with Crippen molar-refractivity contribution < 1.29 is 0 Å². The molecule has 0 N–H and O–H groups in total. The second kappa shape index (κ2) is 9.60. The number of nitrogens with zero attached hydrogens (tertiary/aromatic N) is 2. The van der Waals surface area contributed by atoms with E-state index in [0.717, 1.165) is 17.0 Å². The molecular weight excluding hydrogens is 347 g/mol. The Morgan fingerprint density at radius 2 is 1.33 bits per heavy atom. The van der Waals surface area contributed by atoms with Gasteiger partial charge in [-0.3, -0.25) is 9.97 Å². The van der Waals surface area contributed by atoms with Gasteiger partial charge in [-0.1, -0.05) is 58.6 Å². The number of pyridine rings is 2. The summed E-state index contributed by atoms with van der Waals surface area (Å²) >= 11 is 0. The second-order valence-corrected chi connectivity index (χ2v) is 10.7. The van der Waals surface area contributed by atoms with E-state index in [9.17, 15) is 0 Å². The molecule has 2 heterocycles. The first kappa shape index (κ1) is 18.8. The van der Waals surface area contributed by atoms with Crippen molar-refractivity contribution in [1.82, 2.24) is 9.97 Å². The lowest BCUT2D eigenvalue weighted by atomic mass is 9.99. The van der Waals surface area contributed by atoms with Crippen LogP contribution < -0.4 is 0 Å². The van der Waals surface area contributed by atoms with Gasteiger partial charge >= 0.3 is 0 Å². The molecule has 0 radical (unpaired) electrons. The molecule has 2 aromatic heterocycles. The monoisotopic (exact) mass is 378 g/mol. The standard InChI is InChI=1S/C24H31N2P/c1-3-12-21(13-4-1)27(22-14-5-2-6-15-22)24(23-16-8-10-18-26-23)19-20-11-7-9-17-25-20/h7-11,16-19,21-22H,1-6,12-15H2. The van der Waals surface area contributed by atoms with Gasteiger partial charge in [-0.2, -0.15) is 0 Å². The maximum absolute atomic E-state index is 4.81. The van der Waals surface area contributed by atoms with Gasteiger partial charge in [0.05, 0.1) is 11.4 Å². The third-order valence-corrected chi connectivity index (χ3v) is 9.63. The number of hydrogen-bond donors (Lipinski definition) is 0. The predicted octanol–water partition coefficient (Wildman–Crippen LogP) is 7.12. The van der Waals surface area contributed by atoms with Gasteiger partial charge in [-0.05, 0) is 67.3 Å². The Morgan fingerprint density at radius 3 is 1.85 bits per heavy atom. The molecule has 142 valence electrons. The summed E-state index contributed by atoms with van der Waals surface area (Å²) in [7, 11) is -0.202. The van der Waals surface area contributed by atoms with Crippen LogP contribution in [0.5, 0.6) is 0 Å². The average molecular weight is 379 g/mol. The largest absolute Gasteiger partial charge is 0.257 e. The van der Waals surface area contributed by atoms with Crippen molar-refractivity contribution in [3.8, 4) is 0 Å². The van der Waals surface area contributed by atoms with Crippen LogP contribution in [0.4, 0.5) is 0 Å². The summed E-state index contributed by atoms with van der Waals surface area (Å²) in [5, 5.41) is 1.50. The van der Waals surface area contributed by atoms with Crippen molar-refractivity contribution in [3.63, 3.8) is 0 Å². The van der Waals surface area contributed by atoms with E-state index in [1.54, 1.807) is 0 Å². The fourth-order valence-electron chi connectivity index (χ4n) is 4.81. The van der Waals surface area contributed by atoms with Gasteiger partial charge in [0.2, 0.25) is 0 Å². The predicted molar refractivity (Wildman–Crippen MR) is 117 cm³/mol. The van der Waals surface area contributed by atoms with Crippen LogP contribution in [0.1, 0.15) is 75.6 Å². The summed E-state index contributed by atoms with van der Waals surface area (Å²) < 4.78 is 0. The van der Waals surface area contributed by atoms with Crippen LogP contribution in [-0.4, -0.2) is 21.3 Å². The highest BCUT2D eigenvalue weighted by Crippen LogP contribution is 2.64. The molecule has 2 aliphatic rings. The second-order valence-electron chi connectivity index (χ2n) is 7.99. The molecular formula is C24H31N2P. The van der Waals surface area contributed by atoms with Gasteiger partial charge in [-0.15, -0.1) is 0 Å². The Labute approximate surface area is 165 Å². The molecule has 2 aromatic rings. The van der Waals surface area contributed by atoms with Crippen LogP contribution in [0, 0.1) is 0 Å². The first-order chi connectivity index (χ1) is 13.4. The van der Waals surface area contributed by atoms with Crippen molar-refractivity contribution in [2.45, 2.75) is 75.5 Å². The van der Waals surface area contributed by atoms with Crippen LogP contribution in [0.25, 0.3) is 11.4 Å². The van der Waals surface area contributed by atoms with Crippen molar-refractivity contribution in [2.75, 3.05) is 0 Å². The molecule has 27 heavy (non-hydrogen) atoms. The van der Waals surface area contributed by atoms with E-state index in [4.69, 9.17) is 4.98 Å². The Hall–Kier alpha value is -1.53. The molecule has 0 spiro atoms. The summed E-state index contributed by atoms with van der Waals surface area (Å²) in [6.07, 6.45) is 20.4. The summed E-state index contributed by atoms with van der Waals surface area (Å²) in [6.45, 7) is 0. The van der Waals surface area contributed by atoms with Gasteiger partial charge < -0.3 is 0 Å². The quantitative estimate of drug-likeness (QED) is 0.518. The minimum absolute atomic E-state index is 0.202. The molecule has 2 saturated carbocycles. The lowest BCUT2D eigenvalue weighted by Crippen LogP contribution is -2.21. The Morgan fingerprint density at radius 1 is 0.741 bits per heavy atom. The van der Waals surface area contributed by atoms with E-state index in [-0.39, 0.29) is 7.92 Å². The maximum atomic E-state index is 4.81. The van der Waals surface area contributed by atoms with Crippen LogP contribution >= 0.6 is 7.92 Å². The Kier molecular flexibility index (Phi) is 6.69. The van der Waals surface area contributed by atoms with Gasteiger partial charge in [0.25, 0.3) is 0 Å². The van der Waals surface area contributed by atoms with Crippen molar-refractivity contribution in [3.05, 3.63) is 60.2 Å². The van der Waals surface area contributed by atoms with E-state index >= 15 is 0 Å². The molecule has 0 aliphatic heterocycles. The molecule has 2 nitrogen and oxygen atoms in total. The lowest BCUT2D eigenvalue weighted by Gasteiger charge is -2.39. The fourth-order valence-corrected chi connectivity index (χ4v) is 8.71. The van der Waals surface area contributed by atoms with Gasteiger partial charge in [0.1, 0.15) is 0 Å². The zero-order chi connectivity index (χ0) is 18.3. The maximum Gasteiger partial charge on any atom is 0.0707 e. The van der Waals surface area contributed by atoms with Crippen molar-refractivity contribution >= 4 is 19.3 Å². The highest BCUT2D eigenvalue weighted by atomic mass is 31.1. The summed E-state index contributed by atoms with van der Waals surface area (Å²) in [5.74, 6) is 0. The molecule has 0 atom stereocenters. The average Bonchev–Trinajstić information content (AvgIpc) is 2.76. The molecule has 0 amide bonds. The SMILES string of the molecule is C(=C(c1ccccn1)P(C1CCCCC1)C1CCCCC1)c1ccccn1. The third-order valence-electron chi connectivity index (χ3n) is 6.11. The van der Waals surface area contributed by atoms with Crippen LogP contribution in [0.15, 0.2) is 48.8 Å². The van der Waals surface area contributed by atoms with E-state index in [1.807, 2.05) is 24.5 Å². The molecule has 0 bridgehead atoms. The topological polar surface area (TPSA) is 25.8 Å². The molecule has 2 aliphatic carbocycles. The molecule has 0 saturated heterocycles. The number of aromatic nitrogens is 2. The fraction of sp³-hybridized carbons (Fsp3) is 0.500. The minimum atomic E-state index is -0.202. The highest BCUT2D eigenvalue weighted by Gasteiger charge is 2.34. The van der Waals surface area contributed by atoms with E-state index < -0.39 is 0 Å². The molecule has 4 rings (SSSR count). The zero-order valence-electron chi connectivity index (χ0n) is 16.3. The van der Waals surface area contributed by atoms with E-state index in [1.165, 1.54) is 75.2 Å². The lowest BCUT2D eigenvalue weighted by molar-refractivity contribution is 0.487. The highest BCUT2D eigenvalue weighted by molar-refractivity contribution is 7.70. The van der Waals surface area contributed by atoms with Crippen LogP contribution in [-0.2, 0) is 0 Å². The summed E-state index contributed by atoms with van der Waals surface area (Å²) in [4.78, 5) is 9.43. The van der Waals surface area contributed by atoms with Gasteiger partial charge in [-0.25, -0.2) is 0 Å². The van der Waals surface area contributed by atoms with Crippen molar-refractivity contribution in [1.29, 1.82) is 0 Å². The zero-order valence-corrected chi connectivity index (χ0v) is 17.2. The van der Waals surface area contributed by atoms with Gasteiger partial charge in [0, 0.05) is 17.7 Å². The Bertz CT molecular complexity index is 699. The number of rotatable bonds is 5. The van der Waals surface area contributed by atoms with Gasteiger partial charge in [0.15, 0.2) is 0 Å². The summed E-state index contributed by atoms with van der Waals surface area (Å²) in [5.41, 5.74) is 4.00. The van der Waals surface area contributed by atoms with Crippen LogP contribution in [0.3, 0.4) is 0 Å². The minimum Gasteiger partial charge on any atom is -0.257 e. The Balaban J connectivity index is 1.76.